The molecule has 5 nitrogen and oxygen atoms in total. The Labute approximate surface area is 123 Å². The van der Waals surface area contributed by atoms with Crippen LogP contribution in [0.3, 0.4) is 0 Å². The third kappa shape index (κ3) is 5.52. The van der Waals surface area contributed by atoms with Gasteiger partial charge in [0.05, 0.1) is 12.4 Å². The molecule has 2 N–H and O–H groups in total. The van der Waals surface area contributed by atoms with E-state index >= 15 is 0 Å². The smallest absolute Gasteiger partial charge is 0.321 e. The fourth-order valence-electron chi connectivity index (χ4n) is 1.42. The number of thioether (sulfide) groups is 1. The SMILES string of the molecule is COc1ccc(S[C@@H](C)C(=O)NC(=O)NC(C)C)cc1. The van der Waals surface area contributed by atoms with E-state index in [4.69, 9.17) is 4.74 Å². The van der Waals surface area contributed by atoms with Gasteiger partial charge in [-0.25, -0.2) is 4.79 Å². The molecule has 6 heteroatoms. The first-order valence-corrected chi connectivity index (χ1v) is 7.22. The largest absolute Gasteiger partial charge is 0.497 e. The Morgan fingerprint density at radius 2 is 1.75 bits per heavy atom. The molecule has 1 aromatic carbocycles. The molecule has 0 heterocycles. The molecule has 0 bridgehead atoms. The van der Waals surface area contributed by atoms with Crippen LogP contribution in [0.1, 0.15) is 20.8 Å². The summed E-state index contributed by atoms with van der Waals surface area (Å²) >= 11 is 1.38. The zero-order valence-electron chi connectivity index (χ0n) is 12.1. The van der Waals surface area contributed by atoms with Gasteiger partial charge < -0.3 is 10.1 Å². The number of rotatable bonds is 5. The molecule has 0 aromatic heterocycles. The van der Waals surface area contributed by atoms with E-state index < -0.39 is 6.03 Å². The third-order valence-corrected chi connectivity index (χ3v) is 3.51. The van der Waals surface area contributed by atoms with E-state index in [2.05, 4.69) is 10.6 Å². The molecule has 0 radical (unpaired) electrons. The van der Waals surface area contributed by atoms with Gasteiger partial charge in [-0.2, -0.15) is 0 Å². The Morgan fingerprint density at radius 3 is 2.25 bits per heavy atom. The topological polar surface area (TPSA) is 67.4 Å². The second-order valence-corrected chi connectivity index (χ2v) is 5.97. The van der Waals surface area contributed by atoms with Crippen LogP contribution in [0.25, 0.3) is 0 Å². The highest BCUT2D eigenvalue weighted by Gasteiger charge is 2.17. The number of hydrogen-bond donors (Lipinski definition) is 2. The zero-order chi connectivity index (χ0) is 15.1. The molecule has 1 atom stereocenters. The Kier molecular flexibility index (Phi) is 6.38. The quantitative estimate of drug-likeness (QED) is 0.819. The number of methoxy groups -OCH3 is 1. The summed E-state index contributed by atoms with van der Waals surface area (Å²) < 4.78 is 5.07. The van der Waals surface area contributed by atoms with E-state index in [1.165, 1.54) is 11.8 Å². The molecule has 0 unspecified atom stereocenters. The van der Waals surface area contributed by atoms with Crippen LogP contribution in [-0.2, 0) is 4.79 Å². The van der Waals surface area contributed by atoms with Gasteiger partial charge in [-0.15, -0.1) is 11.8 Å². The summed E-state index contributed by atoms with van der Waals surface area (Å²) in [6.07, 6.45) is 0. The highest BCUT2D eigenvalue weighted by molar-refractivity contribution is 8.00. The van der Waals surface area contributed by atoms with Crippen molar-refractivity contribution in [3.63, 3.8) is 0 Å². The minimum atomic E-state index is -0.466. The summed E-state index contributed by atoms with van der Waals surface area (Å²) in [6.45, 7) is 5.42. The second kappa shape index (κ2) is 7.79. The average molecular weight is 296 g/mol. The summed E-state index contributed by atoms with van der Waals surface area (Å²) in [7, 11) is 1.60. The first-order valence-electron chi connectivity index (χ1n) is 6.34. The first-order chi connectivity index (χ1) is 9.42. The van der Waals surface area contributed by atoms with Gasteiger partial charge in [0.2, 0.25) is 5.91 Å². The highest BCUT2D eigenvalue weighted by Crippen LogP contribution is 2.25. The number of carbonyl (C=O) groups is 2. The number of hydrogen-bond acceptors (Lipinski definition) is 4. The van der Waals surface area contributed by atoms with Crippen molar-refractivity contribution in [2.24, 2.45) is 0 Å². The van der Waals surface area contributed by atoms with Gasteiger partial charge in [-0.1, -0.05) is 0 Å². The van der Waals surface area contributed by atoms with Crippen LogP contribution >= 0.6 is 11.8 Å². The van der Waals surface area contributed by atoms with Crippen LogP contribution in [0.15, 0.2) is 29.2 Å². The molecule has 1 aromatic rings. The van der Waals surface area contributed by atoms with Crippen molar-refractivity contribution >= 4 is 23.7 Å². The summed E-state index contributed by atoms with van der Waals surface area (Å²) in [6, 6.07) is 6.94. The second-order valence-electron chi connectivity index (χ2n) is 4.55. The van der Waals surface area contributed by atoms with E-state index in [-0.39, 0.29) is 17.2 Å². The number of urea groups is 1. The van der Waals surface area contributed by atoms with Gasteiger partial charge in [0, 0.05) is 10.9 Å². The molecular formula is C14H20N2O3S. The van der Waals surface area contributed by atoms with Crippen molar-refractivity contribution in [3.8, 4) is 5.75 Å². The summed E-state index contributed by atoms with van der Waals surface area (Å²) in [5.74, 6) is 0.451. The Bertz CT molecular complexity index is 460. The molecule has 0 aliphatic carbocycles. The first kappa shape index (κ1) is 16.4. The van der Waals surface area contributed by atoms with Gasteiger partial charge in [0.1, 0.15) is 5.75 Å². The van der Waals surface area contributed by atoms with Crippen molar-refractivity contribution in [1.29, 1.82) is 0 Å². The van der Waals surface area contributed by atoms with Crippen LogP contribution in [-0.4, -0.2) is 30.3 Å². The lowest BCUT2D eigenvalue weighted by atomic mass is 10.3. The number of imide groups is 1. The van der Waals surface area contributed by atoms with E-state index in [1.54, 1.807) is 14.0 Å². The lowest BCUT2D eigenvalue weighted by Crippen LogP contribution is -2.45. The third-order valence-electron chi connectivity index (χ3n) is 2.40. The van der Waals surface area contributed by atoms with Gasteiger partial charge >= 0.3 is 6.03 Å². The van der Waals surface area contributed by atoms with Gasteiger partial charge in [0.25, 0.3) is 0 Å². The van der Waals surface area contributed by atoms with Crippen molar-refractivity contribution in [2.75, 3.05) is 7.11 Å². The summed E-state index contributed by atoms with van der Waals surface area (Å²) in [5.41, 5.74) is 0. The van der Waals surface area contributed by atoms with E-state index in [0.717, 1.165) is 10.6 Å². The van der Waals surface area contributed by atoms with Crippen molar-refractivity contribution < 1.29 is 14.3 Å². The summed E-state index contributed by atoms with van der Waals surface area (Å²) in [5, 5.41) is 4.57. The van der Waals surface area contributed by atoms with E-state index in [9.17, 15) is 9.59 Å². The lowest BCUT2D eigenvalue weighted by molar-refractivity contribution is -0.119. The number of ether oxygens (including phenoxy) is 1. The molecule has 0 fully saturated rings. The molecule has 0 aliphatic heterocycles. The van der Waals surface area contributed by atoms with Crippen LogP contribution in [0.5, 0.6) is 5.75 Å². The molecule has 0 saturated carbocycles. The number of benzene rings is 1. The van der Waals surface area contributed by atoms with Crippen molar-refractivity contribution in [2.45, 2.75) is 37.0 Å². The Balaban J connectivity index is 2.50. The minimum absolute atomic E-state index is 0.00709. The van der Waals surface area contributed by atoms with Crippen LogP contribution in [0, 0.1) is 0 Å². The number of carbonyl (C=O) groups excluding carboxylic acids is 2. The van der Waals surface area contributed by atoms with Gasteiger partial charge in [-0.3, -0.25) is 10.1 Å². The zero-order valence-corrected chi connectivity index (χ0v) is 12.9. The van der Waals surface area contributed by atoms with E-state index in [0.29, 0.717) is 0 Å². The standard InChI is InChI=1S/C14H20N2O3S/c1-9(2)15-14(18)16-13(17)10(3)20-12-7-5-11(19-4)6-8-12/h5-10H,1-4H3,(H2,15,16,17,18)/t10-/m0/s1. The van der Waals surface area contributed by atoms with Gasteiger partial charge in [-0.05, 0) is 45.0 Å². The Morgan fingerprint density at radius 1 is 1.15 bits per heavy atom. The van der Waals surface area contributed by atoms with E-state index in [1.807, 2.05) is 38.1 Å². The fraction of sp³-hybridized carbons (Fsp3) is 0.429. The van der Waals surface area contributed by atoms with Crippen LogP contribution in [0.2, 0.25) is 0 Å². The van der Waals surface area contributed by atoms with Crippen molar-refractivity contribution in [1.82, 2.24) is 10.6 Å². The predicted octanol–water partition coefficient (Wildman–Crippen LogP) is 2.41. The molecular weight excluding hydrogens is 276 g/mol. The van der Waals surface area contributed by atoms with Crippen LogP contribution < -0.4 is 15.4 Å². The molecule has 3 amide bonds. The number of nitrogens with one attached hydrogen (secondary N) is 2. The molecule has 20 heavy (non-hydrogen) atoms. The average Bonchev–Trinajstić information content (AvgIpc) is 2.38. The van der Waals surface area contributed by atoms with Crippen LogP contribution in [0.4, 0.5) is 4.79 Å². The lowest BCUT2D eigenvalue weighted by Gasteiger charge is -2.13. The maximum Gasteiger partial charge on any atom is 0.321 e. The normalized spacial score (nSPS) is 11.8. The highest BCUT2D eigenvalue weighted by atomic mass is 32.2. The minimum Gasteiger partial charge on any atom is -0.497 e. The molecule has 110 valence electrons. The predicted molar refractivity (Wildman–Crippen MR) is 80.1 cm³/mol. The number of amides is 3. The molecule has 0 aliphatic rings. The Hall–Kier alpha value is -1.69. The van der Waals surface area contributed by atoms with Crippen molar-refractivity contribution in [3.05, 3.63) is 24.3 Å². The maximum absolute atomic E-state index is 11.8. The van der Waals surface area contributed by atoms with Gasteiger partial charge in [0.15, 0.2) is 0 Å². The molecule has 0 spiro atoms. The molecule has 0 saturated heterocycles. The summed E-state index contributed by atoms with van der Waals surface area (Å²) in [4.78, 5) is 24.2. The fourth-order valence-corrected chi connectivity index (χ4v) is 2.29. The monoisotopic (exact) mass is 296 g/mol. The maximum atomic E-state index is 11.8. The molecule has 1 rings (SSSR count).